The summed E-state index contributed by atoms with van der Waals surface area (Å²) in [5, 5.41) is 0. The molecule has 0 bridgehead atoms. The molecule has 0 aromatic heterocycles. The predicted molar refractivity (Wildman–Crippen MR) is 73.4 cm³/mol. The van der Waals surface area contributed by atoms with Crippen molar-refractivity contribution in [3.63, 3.8) is 0 Å². The Bertz CT molecular complexity index is 444. The Hall–Kier alpha value is -1.38. The molecule has 1 aromatic carbocycles. The van der Waals surface area contributed by atoms with Gasteiger partial charge >= 0.3 is 0 Å². The Kier molecular flexibility index (Phi) is 4.49. The van der Waals surface area contributed by atoms with Crippen LogP contribution in [0.25, 0.3) is 0 Å². The van der Waals surface area contributed by atoms with Gasteiger partial charge in [-0.3, -0.25) is 4.79 Å². The van der Waals surface area contributed by atoms with Crippen LogP contribution in [-0.4, -0.2) is 12.5 Å². The number of para-hydroxylation sites is 1. The fraction of sp³-hybridized carbons (Fsp3) is 0.533. The average molecular weight is 251 g/mol. The number of benzene rings is 1. The number of nitrogens with zero attached hydrogens (tertiary/aromatic N) is 1. The maximum atomic E-state index is 13.8. The highest BCUT2D eigenvalue weighted by Gasteiger charge is 2.46. The minimum absolute atomic E-state index is 0.0117. The zero-order valence-corrected chi connectivity index (χ0v) is 11.9. The minimum Gasteiger partial charge on any atom is -0.309 e. The van der Waals surface area contributed by atoms with Crippen molar-refractivity contribution in [2.75, 3.05) is 11.4 Å². The fourth-order valence-electron chi connectivity index (χ4n) is 2.39. The number of halogens is 1. The van der Waals surface area contributed by atoms with Crippen molar-refractivity contribution in [2.24, 2.45) is 0 Å². The molecule has 0 spiro atoms. The molecule has 1 aliphatic rings. The van der Waals surface area contributed by atoms with Crippen LogP contribution in [-0.2, 0) is 10.2 Å². The van der Waals surface area contributed by atoms with Crippen molar-refractivity contribution in [1.29, 1.82) is 0 Å². The summed E-state index contributed by atoms with van der Waals surface area (Å²) in [4.78, 5) is 13.8. The maximum absolute atomic E-state index is 13.8. The average Bonchev–Trinajstić information content (AvgIpc) is 2.63. The molecule has 1 atom stereocenters. The lowest BCUT2D eigenvalue weighted by atomic mass is 9.81. The molecule has 18 heavy (non-hydrogen) atoms. The molecule has 0 saturated carbocycles. The van der Waals surface area contributed by atoms with Crippen LogP contribution in [0.3, 0.4) is 0 Å². The first-order chi connectivity index (χ1) is 8.56. The number of anilines is 1. The van der Waals surface area contributed by atoms with Crippen LogP contribution in [0.2, 0.25) is 0 Å². The van der Waals surface area contributed by atoms with Crippen molar-refractivity contribution in [3.8, 4) is 0 Å². The van der Waals surface area contributed by atoms with Crippen molar-refractivity contribution in [3.05, 3.63) is 29.6 Å². The first kappa shape index (κ1) is 14.7. The SMILES string of the molecule is CC.CCN1C(=O)C(C)(CC)c2cccc(F)c21. The largest absolute Gasteiger partial charge is 0.309 e. The van der Waals surface area contributed by atoms with E-state index in [-0.39, 0.29) is 11.7 Å². The Morgan fingerprint density at radius 1 is 1.28 bits per heavy atom. The lowest BCUT2D eigenvalue weighted by Gasteiger charge is -2.21. The molecular formula is C15H22FNO. The lowest BCUT2D eigenvalue weighted by Crippen LogP contribution is -2.37. The molecule has 0 fully saturated rings. The van der Waals surface area contributed by atoms with Crippen molar-refractivity contribution in [1.82, 2.24) is 0 Å². The number of rotatable bonds is 2. The molecular weight excluding hydrogens is 229 g/mol. The molecule has 0 N–H and O–H groups in total. The van der Waals surface area contributed by atoms with E-state index >= 15 is 0 Å². The van der Waals surface area contributed by atoms with Crippen LogP contribution in [0.15, 0.2) is 18.2 Å². The number of carbonyl (C=O) groups is 1. The first-order valence-corrected chi connectivity index (χ1v) is 6.67. The molecule has 1 aliphatic heterocycles. The van der Waals surface area contributed by atoms with E-state index < -0.39 is 5.41 Å². The first-order valence-electron chi connectivity index (χ1n) is 6.67. The third-order valence-electron chi connectivity index (χ3n) is 3.59. The van der Waals surface area contributed by atoms with Crippen LogP contribution < -0.4 is 4.90 Å². The normalized spacial score (nSPS) is 21.4. The number of carbonyl (C=O) groups excluding carboxylic acids is 1. The third-order valence-corrected chi connectivity index (χ3v) is 3.59. The number of hydrogen-bond acceptors (Lipinski definition) is 1. The van der Waals surface area contributed by atoms with E-state index in [0.717, 1.165) is 5.56 Å². The molecule has 0 saturated heterocycles. The van der Waals surface area contributed by atoms with Gasteiger partial charge in [0.2, 0.25) is 5.91 Å². The quantitative estimate of drug-likeness (QED) is 0.781. The van der Waals surface area contributed by atoms with Crippen molar-refractivity contribution >= 4 is 11.6 Å². The summed E-state index contributed by atoms with van der Waals surface area (Å²) in [7, 11) is 0. The molecule has 2 rings (SSSR count). The molecule has 0 aliphatic carbocycles. The van der Waals surface area contributed by atoms with E-state index in [1.807, 2.05) is 40.7 Å². The van der Waals surface area contributed by atoms with E-state index in [9.17, 15) is 9.18 Å². The van der Waals surface area contributed by atoms with Gasteiger partial charge in [0.1, 0.15) is 5.82 Å². The molecule has 2 nitrogen and oxygen atoms in total. The van der Waals surface area contributed by atoms with Crippen LogP contribution >= 0.6 is 0 Å². The fourth-order valence-corrected chi connectivity index (χ4v) is 2.39. The monoisotopic (exact) mass is 251 g/mol. The molecule has 0 radical (unpaired) electrons. The second-order valence-corrected chi connectivity index (χ2v) is 4.37. The Balaban J connectivity index is 0.000000771. The van der Waals surface area contributed by atoms with Gasteiger partial charge in [-0.05, 0) is 31.9 Å². The molecule has 1 unspecified atom stereocenters. The predicted octanol–water partition coefficient (Wildman–Crippen LogP) is 3.89. The van der Waals surface area contributed by atoms with E-state index in [2.05, 4.69) is 0 Å². The highest BCUT2D eigenvalue weighted by molar-refractivity contribution is 6.07. The van der Waals surface area contributed by atoms with Gasteiger partial charge in [-0.15, -0.1) is 0 Å². The van der Waals surface area contributed by atoms with Crippen LogP contribution in [0.4, 0.5) is 10.1 Å². The van der Waals surface area contributed by atoms with Gasteiger partial charge in [0.05, 0.1) is 11.1 Å². The molecule has 1 aromatic rings. The van der Waals surface area contributed by atoms with Gasteiger partial charge < -0.3 is 4.90 Å². The van der Waals surface area contributed by atoms with Crippen LogP contribution in [0.5, 0.6) is 0 Å². The number of hydrogen-bond donors (Lipinski definition) is 0. The Morgan fingerprint density at radius 2 is 1.89 bits per heavy atom. The molecule has 3 heteroatoms. The smallest absolute Gasteiger partial charge is 0.237 e. The van der Waals surface area contributed by atoms with Gasteiger partial charge in [-0.25, -0.2) is 4.39 Å². The van der Waals surface area contributed by atoms with Crippen molar-refractivity contribution in [2.45, 2.75) is 46.5 Å². The zero-order chi connectivity index (χ0) is 13.9. The maximum Gasteiger partial charge on any atom is 0.237 e. The Labute approximate surface area is 109 Å². The third kappa shape index (κ3) is 1.92. The summed E-state index contributed by atoms with van der Waals surface area (Å²) < 4.78 is 13.8. The van der Waals surface area contributed by atoms with Gasteiger partial charge in [-0.2, -0.15) is 0 Å². The van der Waals surface area contributed by atoms with E-state index in [1.165, 1.54) is 6.07 Å². The minimum atomic E-state index is -0.562. The highest BCUT2D eigenvalue weighted by Crippen LogP contribution is 2.44. The Morgan fingerprint density at radius 3 is 2.39 bits per heavy atom. The summed E-state index contributed by atoms with van der Waals surface area (Å²) in [6.45, 7) is 10.2. The summed E-state index contributed by atoms with van der Waals surface area (Å²) in [6.07, 6.45) is 0.693. The standard InChI is InChI=1S/C13H16FNO.C2H6/c1-4-13(3)9-7-6-8-10(14)11(9)15(5-2)12(13)16;1-2/h6-8H,4-5H2,1-3H3;1-2H3. The van der Waals surface area contributed by atoms with Crippen molar-refractivity contribution < 1.29 is 9.18 Å². The molecule has 1 heterocycles. The summed E-state index contributed by atoms with van der Waals surface area (Å²) in [6, 6.07) is 4.94. The number of amides is 1. The second kappa shape index (κ2) is 5.51. The van der Waals surface area contributed by atoms with Crippen LogP contribution in [0, 0.1) is 5.82 Å². The summed E-state index contributed by atoms with van der Waals surface area (Å²) in [5.74, 6) is -0.289. The van der Waals surface area contributed by atoms with Crippen LogP contribution in [0.1, 0.15) is 46.6 Å². The van der Waals surface area contributed by atoms with Gasteiger partial charge in [0.25, 0.3) is 0 Å². The van der Waals surface area contributed by atoms with E-state index in [1.54, 1.807) is 11.0 Å². The molecule has 1 amide bonds. The van der Waals surface area contributed by atoms with Gasteiger partial charge in [0.15, 0.2) is 0 Å². The number of fused-ring (bicyclic) bond motifs is 1. The summed E-state index contributed by atoms with van der Waals surface area (Å²) >= 11 is 0. The molecule has 100 valence electrons. The highest BCUT2D eigenvalue weighted by atomic mass is 19.1. The van der Waals surface area contributed by atoms with E-state index in [4.69, 9.17) is 0 Å². The van der Waals surface area contributed by atoms with E-state index in [0.29, 0.717) is 18.7 Å². The number of likely N-dealkylation sites (N-methyl/N-ethyl adjacent to an activating group) is 1. The van der Waals surface area contributed by atoms with Gasteiger partial charge in [0, 0.05) is 6.54 Å². The van der Waals surface area contributed by atoms with Gasteiger partial charge in [-0.1, -0.05) is 32.9 Å². The summed E-state index contributed by atoms with van der Waals surface area (Å²) in [5.41, 5.74) is 0.731. The topological polar surface area (TPSA) is 20.3 Å². The zero-order valence-electron chi connectivity index (χ0n) is 11.9. The second-order valence-electron chi connectivity index (χ2n) is 4.37. The lowest BCUT2D eigenvalue weighted by molar-refractivity contribution is -0.122.